The van der Waals surface area contributed by atoms with Crippen LogP contribution in [0.15, 0.2) is 12.7 Å². The summed E-state index contributed by atoms with van der Waals surface area (Å²) < 4.78 is 5.64. The van der Waals surface area contributed by atoms with Gasteiger partial charge in [0.2, 0.25) is 0 Å². The van der Waals surface area contributed by atoms with E-state index in [4.69, 9.17) is 4.74 Å². The molecule has 1 saturated heterocycles. The zero-order valence-electron chi connectivity index (χ0n) is 7.88. The molecule has 0 radical (unpaired) electrons. The average molecular weight is 166 g/mol. The molecule has 0 N–H and O–H groups in total. The highest BCUT2D eigenvalue weighted by Crippen LogP contribution is 2.59. The summed E-state index contributed by atoms with van der Waals surface area (Å²) in [7, 11) is 0. The molecule has 1 aliphatic carbocycles. The van der Waals surface area contributed by atoms with Crippen LogP contribution in [0.3, 0.4) is 0 Å². The van der Waals surface area contributed by atoms with Crippen molar-refractivity contribution in [3.63, 3.8) is 0 Å². The lowest BCUT2D eigenvalue weighted by Gasteiger charge is -2.06. The third kappa shape index (κ3) is 1.56. The van der Waals surface area contributed by atoms with E-state index in [1.54, 1.807) is 0 Å². The van der Waals surface area contributed by atoms with E-state index < -0.39 is 0 Å². The molecule has 2 atom stereocenters. The molecule has 0 aromatic carbocycles. The largest absolute Gasteiger partial charge is 0.366 e. The molecule has 0 aromatic rings. The fourth-order valence-electron chi connectivity index (χ4n) is 1.96. The predicted octanol–water partition coefficient (Wildman–Crippen LogP) is 2.91. The summed E-state index contributed by atoms with van der Waals surface area (Å²) in [4.78, 5) is 0. The first-order valence-corrected chi connectivity index (χ1v) is 5.05. The van der Waals surface area contributed by atoms with Crippen molar-refractivity contribution >= 4 is 0 Å². The molecule has 1 aliphatic heterocycles. The van der Waals surface area contributed by atoms with Crippen LogP contribution in [0.25, 0.3) is 0 Å². The molecule has 2 fully saturated rings. The summed E-state index contributed by atoms with van der Waals surface area (Å²) in [5.41, 5.74) is 0.419. The number of epoxide rings is 1. The molecule has 2 aliphatic rings. The van der Waals surface area contributed by atoms with Crippen molar-refractivity contribution in [2.75, 3.05) is 0 Å². The molecule has 0 aromatic heterocycles. The molecule has 1 heterocycles. The van der Waals surface area contributed by atoms with Crippen molar-refractivity contribution in [1.29, 1.82) is 0 Å². The van der Waals surface area contributed by atoms with Crippen molar-refractivity contribution in [2.45, 2.75) is 50.7 Å². The third-order valence-corrected chi connectivity index (χ3v) is 3.13. The van der Waals surface area contributed by atoms with Gasteiger partial charge in [0, 0.05) is 0 Å². The second kappa shape index (κ2) is 2.88. The first kappa shape index (κ1) is 8.31. The summed E-state index contributed by atoms with van der Waals surface area (Å²) in [6, 6.07) is 0. The molecule has 1 nitrogen and oxygen atoms in total. The van der Waals surface area contributed by atoms with Gasteiger partial charge >= 0.3 is 0 Å². The van der Waals surface area contributed by atoms with Crippen LogP contribution < -0.4 is 0 Å². The Labute approximate surface area is 74.8 Å². The SMILES string of the molecule is C=CCCC(C)CC1OC12CC2. The minimum Gasteiger partial charge on any atom is -0.366 e. The molecule has 1 heteroatoms. The van der Waals surface area contributed by atoms with Gasteiger partial charge in [0.15, 0.2) is 0 Å². The van der Waals surface area contributed by atoms with Crippen LogP contribution in [-0.2, 0) is 4.74 Å². The Morgan fingerprint density at radius 1 is 1.67 bits per heavy atom. The van der Waals surface area contributed by atoms with E-state index in [1.165, 1.54) is 25.7 Å². The van der Waals surface area contributed by atoms with Crippen LogP contribution in [0.5, 0.6) is 0 Å². The zero-order chi connectivity index (χ0) is 8.60. The predicted molar refractivity (Wildman–Crippen MR) is 50.1 cm³/mol. The molecular formula is C11H18O. The van der Waals surface area contributed by atoms with Gasteiger partial charge in [-0.25, -0.2) is 0 Å². The van der Waals surface area contributed by atoms with Crippen molar-refractivity contribution in [2.24, 2.45) is 5.92 Å². The first-order valence-electron chi connectivity index (χ1n) is 5.05. The zero-order valence-corrected chi connectivity index (χ0v) is 7.88. The van der Waals surface area contributed by atoms with Crippen molar-refractivity contribution in [3.8, 4) is 0 Å². The van der Waals surface area contributed by atoms with E-state index in [0.29, 0.717) is 11.7 Å². The maximum atomic E-state index is 5.64. The highest BCUT2D eigenvalue weighted by molar-refractivity contribution is 5.14. The van der Waals surface area contributed by atoms with Gasteiger partial charge in [-0.05, 0) is 38.0 Å². The van der Waals surface area contributed by atoms with E-state index in [9.17, 15) is 0 Å². The molecule has 2 rings (SSSR count). The maximum Gasteiger partial charge on any atom is 0.0950 e. The molecule has 0 bridgehead atoms. The summed E-state index contributed by atoms with van der Waals surface area (Å²) in [6.45, 7) is 6.06. The second-order valence-electron chi connectivity index (χ2n) is 4.38. The van der Waals surface area contributed by atoms with Crippen molar-refractivity contribution in [3.05, 3.63) is 12.7 Å². The standard InChI is InChI=1S/C11H18O/c1-3-4-5-9(2)8-10-11(12-10)6-7-11/h3,9-10H,1,4-8H2,2H3. The summed E-state index contributed by atoms with van der Waals surface area (Å²) in [5.74, 6) is 0.813. The summed E-state index contributed by atoms with van der Waals surface area (Å²) in [6.07, 6.45) is 8.99. The molecule has 1 spiro atoms. The van der Waals surface area contributed by atoms with Gasteiger partial charge in [-0.3, -0.25) is 0 Å². The fraction of sp³-hybridized carbons (Fsp3) is 0.818. The Morgan fingerprint density at radius 2 is 2.42 bits per heavy atom. The highest BCUT2D eigenvalue weighted by atomic mass is 16.6. The van der Waals surface area contributed by atoms with E-state index in [-0.39, 0.29) is 0 Å². The Bertz CT molecular complexity index is 181. The van der Waals surface area contributed by atoms with Crippen molar-refractivity contribution < 1.29 is 4.74 Å². The van der Waals surface area contributed by atoms with Crippen molar-refractivity contribution in [1.82, 2.24) is 0 Å². The van der Waals surface area contributed by atoms with Crippen LogP contribution in [0.1, 0.15) is 39.0 Å². The van der Waals surface area contributed by atoms with Gasteiger partial charge in [0.05, 0.1) is 11.7 Å². The Hall–Kier alpha value is -0.300. The topological polar surface area (TPSA) is 12.5 Å². The minimum absolute atomic E-state index is 0.419. The average Bonchev–Trinajstić information content (AvgIpc) is 2.92. The van der Waals surface area contributed by atoms with Gasteiger partial charge in [0.25, 0.3) is 0 Å². The monoisotopic (exact) mass is 166 g/mol. The number of ether oxygens (including phenoxy) is 1. The van der Waals surface area contributed by atoms with Crippen LogP contribution >= 0.6 is 0 Å². The van der Waals surface area contributed by atoms with Gasteiger partial charge in [-0.1, -0.05) is 13.0 Å². The van der Waals surface area contributed by atoms with E-state index in [0.717, 1.165) is 12.3 Å². The normalized spacial score (nSPS) is 31.6. The minimum atomic E-state index is 0.419. The van der Waals surface area contributed by atoms with E-state index in [2.05, 4.69) is 13.5 Å². The summed E-state index contributed by atoms with van der Waals surface area (Å²) in [5, 5.41) is 0. The van der Waals surface area contributed by atoms with Crippen LogP contribution in [-0.4, -0.2) is 11.7 Å². The highest BCUT2D eigenvalue weighted by Gasteiger charge is 2.65. The number of rotatable bonds is 5. The second-order valence-corrected chi connectivity index (χ2v) is 4.38. The Morgan fingerprint density at radius 3 is 2.92 bits per heavy atom. The third-order valence-electron chi connectivity index (χ3n) is 3.13. The van der Waals surface area contributed by atoms with Gasteiger partial charge < -0.3 is 4.74 Å². The van der Waals surface area contributed by atoms with Crippen LogP contribution in [0.4, 0.5) is 0 Å². The summed E-state index contributed by atoms with van der Waals surface area (Å²) >= 11 is 0. The lowest BCUT2D eigenvalue weighted by Crippen LogP contribution is -2.02. The molecule has 68 valence electrons. The maximum absolute atomic E-state index is 5.64. The first-order chi connectivity index (χ1) is 5.77. The quantitative estimate of drug-likeness (QED) is 0.452. The number of hydrogen-bond donors (Lipinski definition) is 0. The van der Waals surface area contributed by atoms with Gasteiger partial charge in [0.1, 0.15) is 0 Å². The lowest BCUT2D eigenvalue weighted by atomic mass is 9.98. The van der Waals surface area contributed by atoms with Crippen LogP contribution in [0.2, 0.25) is 0 Å². The lowest BCUT2D eigenvalue weighted by molar-refractivity contribution is 0.332. The Kier molecular flexibility index (Phi) is 1.99. The number of allylic oxidation sites excluding steroid dienone is 1. The van der Waals surface area contributed by atoms with Gasteiger partial charge in [-0.2, -0.15) is 0 Å². The molecule has 12 heavy (non-hydrogen) atoms. The molecule has 2 unspecified atom stereocenters. The van der Waals surface area contributed by atoms with Gasteiger partial charge in [-0.15, -0.1) is 6.58 Å². The molecule has 0 amide bonds. The Balaban J connectivity index is 1.63. The smallest absolute Gasteiger partial charge is 0.0950 e. The molecular weight excluding hydrogens is 148 g/mol. The number of hydrogen-bond acceptors (Lipinski definition) is 1. The van der Waals surface area contributed by atoms with Crippen LogP contribution in [0, 0.1) is 5.92 Å². The van der Waals surface area contributed by atoms with E-state index >= 15 is 0 Å². The fourth-order valence-corrected chi connectivity index (χ4v) is 1.96. The molecule has 1 saturated carbocycles. The van der Waals surface area contributed by atoms with E-state index in [1.807, 2.05) is 6.08 Å².